The second kappa shape index (κ2) is 5.32. The van der Waals surface area contributed by atoms with Crippen LogP contribution in [-0.4, -0.2) is 35.1 Å². The average molecular weight is 276 g/mol. The lowest BCUT2D eigenvalue weighted by Crippen LogP contribution is -2.38. The Labute approximate surface area is 118 Å². The maximum atomic E-state index is 12.0. The van der Waals surface area contributed by atoms with E-state index >= 15 is 0 Å². The van der Waals surface area contributed by atoms with Gasteiger partial charge in [-0.15, -0.1) is 0 Å². The Morgan fingerprint density at radius 3 is 3.10 bits per heavy atom. The monoisotopic (exact) mass is 276 g/mol. The molecule has 0 aliphatic carbocycles. The van der Waals surface area contributed by atoms with Crippen molar-refractivity contribution >= 4 is 5.91 Å². The summed E-state index contributed by atoms with van der Waals surface area (Å²) in [5.41, 5.74) is 0.962. The summed E-state index contributed by atoms with van der Waals surface area (Å²) < 4.78 is 5.42. The third kappa shape index (κ3) is 2.22. The van der Waals surface area contributed by atoms with Crippen LogP contribution in [0.5, 0.6) is 11.5 Å². The predicted molar refractivity (Wildman–Crippen MR) is 74.5 cm³/mol. The molecule has 0 radical (unpaired) electrons. The highest BCUT2D eigenvalue weighted by molar-refractivity contribution is 5.84. The van der Waals surface area contributed by atoms with E-state index in [1.54, 1.807) is 6.07 Å². The van der Waals surface area contributed by atoms with Crippen molar-refractivity contribution in [2.24, 2.45) is 0 Å². The van der Waals surface area contributed by atoms with E-state index in [1.165, 1.54) is 0 Å². The number of fused-ring (bicyclic) bond motifs is 1. The minimum atomic E-state index is -0.104. The number of benzene rings is 1. The van der Waals surface area contributed by atoms with E-state index < -0.39 is 0 Å². The first-order chi connectivity index (χ1) is 9.70. The maximum Gasteiger partial charge on any atom is 0.238 e. The zero-order valence-electron chi connectivity index (χ0n) is 11.6. The second-order valence-corrected chi connectivity index (χ2v) is 5.32. The molecule has 5 nitrogen and oxygen atoms in total. The molecular formula is C15H20N2O3. The van der Waals surface area contributed by atoms with Gasteiger partial charge < -0.3 is 15.2 Å². The minimum Gasteiger partial charge on any atom is -0.504 e. The molecule has 2 atom stereocenters. The number of carbonyl (C=O) groups excluding carboxylic acids is 1. The number of nitrogens with zero attached hydrogens (tertiary/aromatic N) is 1. The lowest BCUT2D eigenvalue weighted by Gasteiger charge is -2.31. The van der Waals surface area contributed by atoms with Crippen molar-refractivity contribution in [3.05, 3.63) is 23.8 Å². The molecule has 3 rings (SSSR count). The predicted octanol–water partition coefficient (Wildman–Crippen LogP) is 1.77. The highest BCUT2D eigenvalue weighted by atomic mass is 16.5. The van der Waals surface area contributed by atoms with Crippen LogP contribution >= 0.6 is 0 Å². The summed E-state index contributed by atoms with van der Waals surface area (Å²) in [7, 11) is 0. The lowest BCUT2D eigenvalue weighted by molar-refractivity contribution is -0.122. The zero-order chi connectivity index (χ0) is 14.1. The summed E-state index contributed by atoms with van der Waals surface area (Å²) >= 11 is 0. The smallest absolute Gasteiger partial charge is 0.238 e. The van der Waals surface area contributed by atoms with Gasteiger partial charge in [0.2, 0.25) is 5.91 Å². The van der Waals surface area contributed by atoms with Crippen molar-refractivity contribution < 1.29 is 14.6 Å². The largest absolute Gasteiger partial charge is 0.504 e. The number of phenolic OH excluding ortho intramolecular Hbond substituents is 1. The Bertz CT molecular complexity index is 518. The van der Waals surface area contributed by atoms with Gasteiger partial charge in [0.1, 0.15) is 6.17 Å². The Balaban J connectivity index is 1.88. The highest BCUT2D eigenvalue weighted by Crippen LogP contribution is 2.35. The van der Waals surface area contributed by atoms with Crippen molar-refractivity contribution in [2.45, 2.75) is 38.4 Å². The Hall–Kier alpha value is -1.75. The first-order valence-electron chi connectivity index (χ1n) is 7.22. The van der Waals surface area contributed by atoms with Crippen LogP contribution in [0.4, 0.5) is 0 Å². The molecule has 1 aromatic rings. The van der Waals surface area contributed by atoms with Gasteiger partial charge in [-0.05, 0) is 37.5 Å². The fourth-order valence-corrected chi connectivity index (χ4v) is 3.11. The molecular weight excluding hydrogens is 256 g/mol. The summed E-state index contributed by atoms with van der Waals surface area (Å²) in [4.78, 5) is 14.3. The third-order valence-electron chi connectivity index (χ3n) is 4.06. The molecule has 20 heavy (non-hydrogen) atoms. The first-order valence-corrected chi connectivity index (χ1v) is 7.22. The molecule has 2 N–H and O–H groups in total. The maximum absolute atomic E-state index is 12.0. The molecule has 0 saturated carbocycles. The fourth-order valence-electron chi connectivity index (χ4n) is 3.11. The summed E-state index contributed by atoms with van der Waals surface area (Å²) in [6.45, 7) is 3.31. The molecule has 108 valence electrons. The number of amides is 1. The molecule has 2 saturated heterocycles. The molecule has 1 amide bonds. The van der Waals surface area contributed by atoms with Gasteiger partial charge in [0, 0.05) is 6.54 Å². The molecule has 2 heterocycles. The number of rotatable bonds is 3. The first kappa shape index (κ1) is 13.2. The fraction of sp³-hybridized carbons (Fsp3) is 0.533. The minimum absolute atomic E-state index is 0.00176. The molecule has 2 fully saturated rings. The van der Waals surface area contributed by atoms with Gasteiger partial charge in [0.05, 0.1) is 12.6 Å². The van der Waals surface area contributed by atoms with Crippen molar-refractivity contribution in [1.29, 1.82) is 0 Å². The van der Waals surface area contributed by atoms with E-state index in [1.807, 2.05) is 19.1 Å². The number of phenols is 1. The van der Waals surface area contributed by atoms with Crippen molar-refractivity contribution in [1.82, 2.24) is 10.2 Å². The van der Waals surface area contributed by atoms with Crippen molar-refractivity contribution in [3.63, 3.8) is 0 Å². The molecule has 2 unspecified atom stereocenters. The van der Waals surface area contributed by atoms with Gasteiger partial charge in [0.15, 0.2) is 11.5 Å². The number of aromatic hydroxyl groups is 1. The SMILES string of the molecule is CCOc1cc(C2NC(=O)C3CCCCN32)ccc1O. The average Bonchev–Trinajstić information content (AvgIpc) is 2.80. The summed E-state index contributed by atoms with van der Waals surface area (Å²) in [6.07, 6.45) is 3.06. The summed E-state index contributed by atoms with van der Waals surface area (Å²) in [5, 5.41) is 12.8. The third-order valence-corrected chi connectivity index (χ3v) is 4.06. The Kier molecular flexibility index (Phi) is 3.53. The number of hydrogen-bond acceptors (Lipinski definition) is 4. The summed E-state index contributed by atoms with van der Waals surface area (Å²) in [5.74, 6) is 0.718. The molecule has 5 heteroatoms. The van der Waals surface area contributed by atoms with Crippen molar-refractivity contribution in [2.75, 3.05) is 13.2 Å². The van der Waals surface area contributed by atoms with Gasteiger partial charge in [-0.25, -0.2) is 0 Å². The van der Waals surface area contributed by atoms with Crippen LogP contribution in [-0.2, 0) is 4.79 Å². The topological polar surface area (TPSA) is 61.8 Å². The standard InChI is InChI=1S/C15H20N2O3/c1-2-20-13-9-10(6-7-12(13)18)14-16-15(19)11-5-3-4-8-17(11)14/h6-7,9,11,14,18H,2-5,8H2,1H3,(H,16,19). The second-order valence-electron chi connectivity index (χ2n) is 5.32. The van der Waals surface area contributed by atoms with Crippen LogP contribution in [0.2, 0.25) is 0 Å². The quantitative estimate of drug-likeness (QED) is 0.883. The number of ether oxygens (including phenoxy) is 1. The molecule has 2 aliphatic heterocycles. The van der Waals surface area contributed by atoms with Gasteiger partial charge in [-0.1, -0.05) is 12.5 Å². The van der Waals surface area contributed by atoms with Gasteiger partial charge in [-0.2, -0.15) is 0 Å². The lowest BCUT2D eigenvalue weighted by atomic mass is 10.0. The number of hydrogen-bond donors (Lipinski definition) is 2. The van der Waals surface area contributed by atoms with E-state index in [4.69, 9.17) is 4.74 Å². The number of carbonyl (C=O) groups is 1. The molecule has 1 aromatic carbocycles. The van der Waals surface area contributed by atoms with Crippen LogP contribution in [0.3, 0.4) is 0 Å². The number of nitrogens with one attached hydrogen (secondary N) is 1. The zero-order valence-corrected chi connectivity index (χ0v) is 11.6. The molecule has 0 bridgehead atoms. The van der Waals surface area contributed by atoms with Gasteiger partial charge >= 0.3 is 0 Å². The van der Waals surface area contributed by atoms with E-state index in [0.29, 0.717) is 12.4 Å². The van der Waals surface area contributed by atoms with E-state index in [-0.39, 0.29) is 23.9 Å². The Morgan fingerprint density at radius 2 is 2.30 bits per heavy atom. The van der Waals surface area contributed by atoms with E-state index in [0.717, 1.165) is 31.4 Å². The van der Waals surface area contributed by atoms with Crippen LogP contribution in [0.1, 0.15) is 37.9 Å². The van der Waals surface area contributed by atoms with Crippen LogP contribution in [0.15, 0.2) is 18.2 Å². The molecule has 0 spiro atoms. The van der Waals surface area contributed by atoms with Crippen molar-refractivity contribution in [3.8, 4) is 11.5 Å². The molecule has 0 aromatic heterocycles. The van der Waals surface area contributed by atoms with E-state index in [2.05, 4.69) is 10.2 Å². The van der Waals surface area contributed by atoms with Gasteiger partial charge in [0.25, 0.3) is 0 Å². The van der Waals surface area contributed by atoms with Crippen LogP contribution in [0, 0.1) is 0 Å². The van der Waals surface area contributed by atoms with E-state index in [9.17, 15) is 9.90 Å². The Morgan fingerprint density at radius 1 is 1.45 bits per heavy atom. The molecule has 2 aliphatic rings. The van der Waals surface area contributed by atoms with Crippen LogP contribution < -0.4 is 10.1 Å². The highest BCUT2D eigenvalue weighted by Gasteiger charge is 2.41. The normalized spacial score (nSPS) is 26.1. The number of piperidine rings is 1. The summed E-state index contributed by atoms with van der Waals surface area (Å²) in [6, 6.07) is 5.29. The van der Waals surface area contributed by atoms with Gasteiger partial charge in [-0.3, -0.25) is 9.69 Å². The van der Waals surface area contributed by atoms with Crippen LogP contribution in [0.25, 0.3) is 0 Å².